The highest BCUT2D eigenvalue weighted by Gasteiger charge is 2.29. The molecule has 0 radical (unpaired) electrons. The van der Waals surface area contributed by atoms with Crippen LogP contribution in [0.1, 0.15) is 36.0 Å². The van der Waals surface area contributed by atoms with Crippen LogP contribution in [0.4, 0.5) is 0 Å². The Balaban J connectivity index is 1.42. The summed E-state index contributed by atoms with van der Waals surface area (Å²) in [4.78, 5) is 14.2. The molecule has 24 heavy (non-hydrogen) atoms. The minimum absolute atomic E-state index is 0.108. The van der Waals surface area contributed by atoms with Gasteiger partial charge in [0.2, 0.25) is 10.0 Å². The van der Waals surface area contributed by atoms with Crippen molar-refractivity contribution in [2.45, 2.75) is 37.9 Å². The predicted octanol–water partition coefficient (Wildman–Crippen LogP) is 1.79. The quantitative estimate of drug-likeness (QED) is 0.808. The van der Waals surface area contributed by atoms with E-state index in [-0.39, 0.29) is 18.1 Å². The maximum absolute atomic E-state index is 12.3. The largest absolute Gasteiger partial charge is 0.375 e. The molecular formula is C16H24N2O4S2. The lowest BCUT2D eigenvalue weighted by Crippen LogP contribution is -2.44. The number of nitrogens with zero attached hydrogens (tertiary/aromatic N) is 2. The van der Waals surface area contributed by atoms with Crippen molar-refractivity contribution in [3.8, 4) is 0 Å². The van der Waals surface area contributed by atoms with E-state index < -0.39 is 10.0 Å². The Morgan fingerprint density at radius 3 is 2.21 bits per heavy atom. The number of carbonyl (C=O) groups is 1. The molecule has 2 aliphatic heterocycles. The Hall–Kier alpha value is -0.960. The molecule has 6 nitrogen and oxygen atoms in total. The molecule has 0 N–H and O–H groups in total. The second kappa shape index (κ2) is 7.51. The third-order valence-electron chi connectivity index (χ3n) is 4.75. The fraction of sp³-hybridized carbons (Fsp3) is 0.688. The average molecular weight is 373 g/mol. The number of amides is 1. The predicted molar refractivity (Wildman–Crippen MR) is 93.8 cm³/mol. The van der Waals surface area contributed by atoms with Crippen molar-refractivity contribution >= 4 is 27.3 Å². The van der Waals surface area contributed by atoms with Gasteiger partial charge in [0.15, 0.2) is 0 Å². The normalized spacial score (nSPS) is 22.0. The smallest absolute Gasteiger partial charge is 0.254 e. The van der Waals surface area contributed by atoms with E-state index in [4.69, 9.17) is 4.74 Å². The minimum atomic E-state index is -3.09. The molecular weight excluding hydrogens is 348 g/mol. The molecule has 2 fully saturated rings. The van der Waals surface area contributed by atoms with Crippen LogP contribution in [-0.4, -0.2) is 68.2 Å². The Kier molecular flexibility index (Phi) is 5.59. The van der Waals surface area contributed by atoms with Crippen molar-refractivity contribution in [3.05, 3.63) is 22.4 Å². The third kappa shape index (κ3) is 4.36. The lowest BCUT2D eigenvalue weighted by atomic mass is 10.0. The standard InChI is InChI=1S/C16H24N2O4S2/c1-24(20,21)18-9-4-15(5-10-18)22-14-2-7-17(8-3-14)16(19)13-6-11-23-12-13/h6,11-12,14-15H,2-5,7-10H2,1H3. The summed E-state index contributed by atoms with van der Waals surface area (Å²) in [5.74, 6) is 0.108. The first-order chi connectivity index (χ1) is 11.4. The lowest BCUT2D eigenvalue weighted by molar-refractivity contribution is -0.0557. The zero-order valence-corrected chi connectivity index (χ0v) is 15.5. The highest BCUT2D eigenvalue weighted by atomic mass is 32.2. The average Bonchev–Trinajstić information content (AvgIpc) is 3.09. The summed E-state index contributed by atoms with van der Waals surface area (Å²) >= 11 is 1.54. The molecule has 0 unspecified atom stereocenters. The molecule has 134 valence electrons. The van der Waals surface area contributed by atoms with Crippen molar-refractivity contribution in [2.75, 3.05) is 32.4 Å². The van der Waals surface area contributed by atoms with Gasteiger partial charge in [-0.25, -0.2) is 12.7 Å². The molecule has 8 heteroatoms. The summed E-state index contributed by atoms with van der Waals surface area (Å²) in [6.45, 7) is 2.53. The molecule has 0 aliphatic carbocycles. The first-order valence-electron chi connectivity index (χ1n) is 8.35. The molecule has 3 heterocycles. The van der Waals surface area contributed by atoms with Crippen molar-refractivity contribution in [1.82, 2.24) is 9.21 Å². The van der Waals surface area contributed by atoms with Crippen LogP contribution in [0.2, 0.25) is 0 Å². The summed E-state index contributed by atoms with van der Waals surface area (Å²) in [7, 11) is -3.09. The van der Waals surface area contributed by atoms with Gasteiger partial charge in [-0.3, -0.25) is 4.79 Å². The van der Waals surface area contributed by atoms with Crippen LogP contribution in [0, 0.1) is 0 Å². The summed E-state index contributed by atoms with van der Waals surface area (Å²) in [6, 6.07) is 1.87. The first-order valence-corrected chi connectivity index (χ1v) is 11.1. The number of carbonyl (C=O) groups excluding carboxylic acids is 1. The molecule has 0 atom stereocenters. The van der Waals surface area contributed by atoms with Gasteiger partial charge < -0.3 is 9.64 Å². The molecule has 0 spiro atoms. The Morgan fingerprint density at radius 2 is 1.71 bits per heavy atom. The van der Waals surface area contributed by atoms with E-state index in [1.165, 1.54) is 21.9 Å². The SMILES string of the molecule is CS(=O)(=O)N1CCC(OC2CCN(C(=O)c3ccsc3)CC2)CC1. The van der Waals surface area contributed by atoms with E-state index in [9.17, 15) is 13.2 Å². The number of ether oxygens (including phenoxy) is 1. The van der Waals surface area contributed by atoms with Gasteiger partial charge in [-0.15, -0.1) is 0 Å². The molecule has 0 bridgehead atoms. The second-order valence-corrected chi connectivity index (χ2v) is 9.26. The summed E-state index contributed by atoms with van der Waals surface area (Å²) < 4.78 is 30.7. The zero-order chi connectivity index (χ0) is 17.2. The molecule has 0 aromatic carbocycles. The summed E-state index contributed by atoms with van der Waals surface area (Å²) in [6.07, 6.45) is 4.76. The number of hydrogen-bond acceptors (Lipinski definition) is 5. The monoisotopic (exact) mass is 372 g/mol. The maximum atomic E-state index is 12.3. The van der Waals surface area contributed by atoms with Crippen molar-refractivity contribution < 1.29 is 17.9 Å². The van der Waals surface area contributed by atoms with Gasteiger partial charge in [0, 0.05) is 31.6 Å². The van der Waals surface area contributed by atoms with Gasteiger partial charge in [0.25, 0.3) is 5.91 Å². The molecule has 3 rings (SSSR count). The van der Waals surface area contributed by atoms with E-state index in [0.717, 1.165) is 44.3 Å². The molecule has 2 aliphatic rings. The van der Waals surface area contributed by atoms with Crippen LogP contribution in [0.5, 0.6) is 0 Å². The molecule has 1 aromatic heterocycles. The van der Waals surface area contributed by atoms with Gasteiger partial charge in [-0.2, -0.15) is 11.3 Å². The number of likely N-dealkylation sites (tertiary alicyclic amines) is 1. The highest BCUT2D eigenvalue weighted by Crippen LogP contribution is 2.23. The van der Waals surface area contributed by atoms with Crippen LogP contribution in [0.25, 0.3) is 0 Å². The summed E-state index contributed by atoms with van der Waals surface area (Å²) in [5.41, 5.74) is 0.771. The zero-order valence-electron chi connectivity index (χ0n) is 13.9. The topological polar surface area (TPSA) is 66.9 Å². The third-order valence-corrected chi connectivity index (χ3v) is 6.74. The molecule has 1 amide bonds. The van der Waals surface area contributed by atoms with E-state index >= 15 is 0 Å². The van der Waals surface area contributed by atoms with E-state index in [0.29, 0.717) is 13.1 Å². The fourth-order valence-corrected chi connectivity index (χ4v) is 4.84. The van der Waals surface area contributed by atoms with Gasteiger partial charge in [0.1, 0.15) is 0 Å². The van der Waals surface area contributed by atoms with E-state index in [1.54, 1.807) is 0 Å². The van der Waals surface area contributed by atoms with Crippen molar-refractivity contribution in [3.63, 3.8) is 0 Å². The number of hydrogen-bond donors (Lipinski definition) is 0. The maximum Gasteiger partial charge on any atom is 0.254 e. The fourth-order valence-electron chi connectivity index (χ4n) is 3.34. The van der Waals surface area contributed by atoms with Crippen LogP contribution >= 0.6 is 11.3 Å². The van der Waals surface area contributed by atoms with Crippen LogP contribution < -0.4 is 0 Å². The number of thiophene rings is 1. The molecule has 0 saturated carbocycles. The van der Waals surface area contributed by atoms with Gasteiger partial charge in [-0.05, 0) is 37.1 Å². The minimum Gasteiger partial charge on any atom is -0.375 e. The first kappa shape index (κ1) is 17.8. The van der Waals surface area contributed by atoms with Gasteiger partial charge >= 0.3 is 0 Å². The Labute approximate surface area is 147 Å². The van der Waals surface area contributed by atoms with Crippen LogP contribution in [0.15, 0.2) is 16.8 Å². The molecule has 1 aromatic rings. The van der Waals surface area contributed by atoms with Crippen LogP contribution in [-0.2, 0) is 14.8 Å². The Bertz CT molecular complexity index is 644. The van der Waals surface area contributed by atoms with Gasteiger partial charge in [-0.1, -0.05) is 0 Å². The van der Waals surface area contributed by atoms with E-state index in [1.807, 2.05) is 21.7 Å². The van der Waals surface area contributed by atoms with E-state index in [2.05, 4.69) is 0 Å². The second-order valence-electron chi connectivity index (χ2n) is 6.50. The lowest BCUT2D eigenvalue weighted by Gasteiger charge is -2.36. The van der Waals surface area contributed by atoms with Crippen LogP contribution in [0.3, 0.4) is 0 Å². The highest BCUT2D eigenvalue weighted by molar-refractivity contribution is 7.88. The number of piperidine rings is 2. The van der Waals surface area contributed by atoms with Crippen molar-refractivity contribution in [2.24, 2.45) is 0 Å². The summed E-state index contributed by atoms with van der Waals surface area (Å²) in [5, 5.41) is 3.81. The molecule has 2 saturated heterocycles. The number of rotatable bonds is 4. The number of sulfonamides is 1. The van der Waals surface area contributed by atoms with Crippen molar-refractivity contribution in [1.29, 1.82) is 0 Å². The van der Waals surface area contributed by atoms with Gasteiger partial charge in [0.05, 0.1) is 24.0 Å². The Morgan fingerprint density at radius 1 is 1.12 bits per heavy atom.